The van der Waals surface area contributed by atoms with Gasteiger partial charge < -0.3 is 31.9 Å². The summed E-state index contributed by atoms with van der Waals surface area (Å²) in [6, 6.07) is 13.5. The monoisotopic (exact) mass is 627 g/mol. The second kappa shape index (κ2) is 15.7. The lowest BCUT2D eigenvalue weighted by Crippen LogP contribution is -2.47. The van der Waals surface area contributed by atoms with E-state index in [1.54, 1.807) is 77.4 Å². The molecule has 2 heterocycles. The summed E-state index contributed by atoms with van der Waals surface area (Å²) < 4.78 is 1.65. The summed E-state index contributed by atoms with van der Waals surface area (Å²) in [5.74, 6) is -0.464. The Hall–Kier alpha value is -5.23. The summed E-state index contributed by atoms with van der Waals surface area (Å²) >= 11 is 0. The van der Waals surface area contributed by atoms with E-state index in [2.05, 4.69) is 20.7 Å². The van der Waals surface area contributed by atoms with Gasteiger partial charge in [-0.3, -0.25) is 19.1 Å². The van der Waals surface area contributed by atoms with Gasteiger partial charge in [0.2, 0.25) is 11.8 Å². The minimum Gasteiger partial charge on any atom is -0.400 e. The summed E-state index contributed by atoms with van der Waals surface area (Å²) in [7, 11) is 5.64. The molecule has 244 valence electrons. The Morgan fingerprint density at radius 3 is 2.39 bits per heavy atom. The number of likely N-dealkylation sites (N-methyl/N-ethyl adjacent to an activating group) is 1. The van der Waals surface area contributed by atoms with Gasteiger partial charge in [0.15, 0.2) is 0 Å². The molecular weight excluding hydrogens is 582 g/mol. The number of amides is 3. The Morgan fingerprint density at radius 1 is 1.07 bits per heavy atom. The normalized spacial score (nSPS) is 14.3. The molecule has 3 amide bonds. The van der Waals surface area contributed by atoms with E-state index < -0.39 is 5.54 Å². The highest BCUT2D eigenvalue weighted by molar-refractivity contribution is 6.05. The maximum Gasteiger partial charge on any atom is 0.255 e. The maximum atomic E-state index is 13.2. The minimum atomic E-state index is -0.744. The van der Waals surface area contributed by atoms with Gasteiger partial charge in [-0.25, -0.2) is 4.99 Å². The van der Waals surface area contributed by atoms with Crippen molar-refractivity contribution in [2.45, 2.75) is 39.7 Å². The molecule has 0 radical (unpaired) electrons. The first kappa shape index (κ1) is 35.3. The summed E-state index contributed by atoms with van der Waals surface area (Å²) in [6.07, 6.45) is 6.91. The molecule has 0 fully saturated rings. The van der Waals surface area contributed by atoms with Crippen molar-refractivity contribution in [1.29, 1.82) is 0 Å². The molecule has 0 bridgehead atoms. The molecule has 1 aliphatic heterocycles. The number of hydrogen-bond acceptors (Lipinski definition) is 7. The maximum absolute atomic E-state index is 13.2. The van der Waals surface area contributed by atoms with Crippen LogP contribution in [0.5, 0.6) is 0 Å². The fourth-order valence-corrected chi connectivity index (χ4v) is 4.73. The van der Waals surface area contributed by atoms with Crippen LogP contribution >= 0.6 is 0 Å². The number of carbonyl (C=O) groups is 3. The predicted molar refractivity (Wildman–Crippen MR) is 184 cm³/mol. The van der Waals surface area contributed by atoms with E-state index in [1.807, 2.05) is 52.9 Å². The van der Waals surface area contributed by atoms with Crippen LogP contribution in [0, 0.1) is 0 Å². The summed E-state index contributed by atoms with van der Waals surface area (Å²) in [5, 5.41) is 9.76. The molecule has 1 aromatic heterocycles. The van der Waals surface area contributed by atoms with Crippen molar-refractivity contribution in [2.24, 2.45) is 23.5 Å². The number of hydrogen-bond donors (Lipinski definition) is 4. The molecule has 3 aromatic rings. The number of carbonyl (C=O) groups excluding carboxylic acids is 3. The topological polar surface area (TPSA) is 164 Å². The first-order chi connectivity index (χ1) is 21.8. The van der Waals surface area contributed by atoms with Crippen LogP contribution in [-0.4, -0.2) is 75.9 Å². The number of rotatable bonds is 10. The second-order valence-corrected chi connectivity index (χ2v) is 11.4. The molecule has 46 heavy (non-hydrogen) atoms. The highest BCUT2D eigenvalue weighted by Gasteiger charge is 2.42. The van der Waals surface area contributed by atoms with E-state index in [9.17, 15) is 14.4 Å². The fraction of sp³-hybridized carbons (Fsp3) is 0.324. The van der Waals surface area contributed by atoms with Gasteiger partial charge in [-0.2, -0.15) is 5.10 Å². The molecule has 12 heteroatoms. The van der Waals surface area contributed by atoms with E-state index in [0.717, 1.165) is 5.56 Å². The van der Waals surface area contributed by atoms with Crippen molar-refractivity contribution in [3.05, 3.63) is 95.5 Å². The molecule has 1 aliphatic rings. The molecule has 0 atom stereocenters. The van der Waals surface area contributed by atoms with Crippen LogP contribution in [0.15, 0.2) is 89.3 Å². The fourth-order valence-electron chi connectivity index (χ4n) is 4.73. The van der Waals surface area contributed by atoms with Crippen LogP contribution in [0.2, 0.25) is 0 Å². The Labute approximate surface area is 270 Å². The number of anilines is 2. The molecule has 0 unspecified atom stereocenters. The second-order valence-electron chi connectivity index (χ2n) is 11.4. The average molecular weight is 628 g/mol. The lowest BCUT2D eigenvalue weighted by molar-refractivity contribution is -0.133. The Kier molecular flexibility index (Phi) is 12.0. The molecule has 12 nitrogen and oxygen atoms in total. The van der Waals surface area contributed by atoms with Crippen molar-refractivity contribution in [2.75, 3.05) is 37.8 Å². The third-order valence-corrected chi connectivity index (χ3v) is 7.21. The van der Waals surface area contributed by atoms with Gasteiger partial charge in [-0.05, 0) is 76.0 Å². The van der Waals surface area contributed by atoms with Gasteiger partial charge in [0.25, 0.3) is 5.91 Å². The first-order valence-corrected chi connectivity index (χ1v) is 15.1. The number of aryl methyl sites for hydroxylation is 1. The number of benzene rings is 2. The van der Waals surface area contributed by atoms with Crippen molar-refractivity contribution in [1.82, 2.24) is 19.6 Å². The number of aliphatic imine (C=N–C) groups is 1. The van der Waals surface area contributed by atoms with Gasteiger partial charge >= 0.3 is 0 Å². The largest absolute Gasteiger partial charge is 0.400 e. The molecule has 2 aromatic carbocycles. The molecule has 0 aliphatic carbocycles. The molecule has 0 saturated heterocycles. The predicted octanol–water partition coefficient (Wildman–Crippen LogP) is 3.82. The van der Waals surface area contributed by atoms with Gasteiger partial charge in [0.1, 0.15) is 5.84 Å². The number of amidine groups is 1. The zero-order valence-corrected chi connectivity index (χ0v) is 27.7. The molecule has 0 saturated carbocycles. The zero-order valence-electron chi connectivity index (χ0n) is 27.7. The van der Waals surface area contributed by atoms with E-state index in [-0.39, 0.29) is 36.5 Å². The van der Waals surface area contributed by atoms with Gasteiger partial charge in [-0.1, -0.05) is 26.0 Å². The van der Waals surface area contributed by atoms with E-state index in [4.69, 9.17) is 11.5 Å². The van der Waals surface area contributed by atoms with E-state index >= 15 is 0 Å². The Balaban J connectivity index is 0.00000282. The summed E-state index contributed by atoms with van der Waals surface area (Å²) in [4.78, 5) is 46.3. The molecule has 0 spiro atoms. The van der Waals surface area contributed by atoms with Gasteiger partial charge in [0.05, 0.1) is 30.4 Å². The quantitative estimate of drug-likeness (QED) is 0.151. The van der Waals surface area contributed by atoms with Crippen LogP contribution < -0.4 is 22.1 Å². The number of aromatic nitrogens is 2. The summed E-state index contributed by atoms with van der Waals surface area (Å²) in [5.41, 5.74) is 16.1. The van der Waals surface area contributed by atoms with Crippen molar-refractivity contribution >= 4 is 40.6 Å². The smallest absolute Gasteiger partial charge is 0.255 e. The number of nitrogens with two attached hydrogens (primary N) is 2. The highest BCUT2D eigenvalue weighted by Crippen LogP contribution is 2.32. The van der Waals surface area contributed by atoms with Gasteiger partial charge in [-0.15, -0.1) is 0 Å². The first-order valence-electron chi connectivity index (χ1n) is 15.1. The molecule has 6 N–H and O–H groups in total. The van der Waals surface area contributed by atoms with Gasteiger partial charge in [0, 0.05) is 54.1 Å². The lowest BCUT2D eigenvalue weighted by Gasteiger charge is -2.33. The van der Waals surface area contributed by atoms with Crippen LogP contribution in [0.3, 0.4) is 0 Å². The Bertz CT molecular complexity index is 1630. The minimum absolute atomic E-state index is 0.0919. The van der Waals surface area contributed by atoms with Crippen molar-refractivity contribution in [3.63, 3.8) is 0 Å². The summed E-state index contributed by atoms with van der Waals surface area (Å²) in [6.45, 7) is 8.64. The van der Waals surface area contributed by atoms with E-state index in [0.29, 0.717) is 40.4 Å². The third-order valence-electron chi connectivity index (χ3n) is 7.21. The highest BCUT2D eigenvalue weighted by atomic mass is 16.2. The lowest BCUT2D eigenvalue weighted by atomic mass is 9.99. The SMILES string of the molecule is CC.CN(C)C/C=C/C(=O)Nc1ccc(C(=O)Nc2cccc(N=C(N)C3=C(N)C(C)(C)N(C(=O)Cc4cnn(C)c4)C3)c2)cc1. The van der Waals surface area contributed by atoms with Crippen LogP contribution in [0.4, 0.5) is 17.1 Å². The average Bonchev–Trinajstić information content (AvgIpc) is 3.52. The molecular formula is C34H45N9O3. The molecule has 4 rings (SSSR count). The standard InChI is InChI=1S/C32H39N9O3.C2H6/c1-32(2)29(33)26(20-41(32)28(43)16-21-18-35-40(5)19-21)30(34)37-24-8-6-9-25(17-24)38-31(44)22-11-13-23(14-12-22)36-27(42)10-7-15-39(3)4;1-2/h6-14,17-19H,15-16,20,33H2,1-5H3,(H2,34,37)(H,36,42)(H,38,44);1-2H3/b10-7+;. The van der Waals surface area contributed by atoms with E-state index in [1.165, 1.54) is 6.08 Å². The Morgan fingerprint density at radius 2 is 1.76 bits per heavy atom. The van der Waals surface area contributed by atoms with Crippen LogP contribution in [0.1, 0.15) is 43.6 Å². The number of nitrogens with zero attached hydrogens (tertiary/aromatic N) is 5. The van der Waals surface area contributed by atoms with Crippen LogP contribution in [0.25, 0.3) is 0 Å². The zero-order chi connectivity index (χ0) is 34.0. The number of nitrogens with one attached hydrogen (secondary N) is 2. The van der Waals surface area contributed by atoms with Crippen molar-refractivity contribution in [3.8, 4) is 0 Å². The van der Waals surface area contributed by atoms with Crippen LogP contribution in [-0.2, 0) is 23.1 Å². The third kappa shape index (κ3) is 9.14. The van der Waals surface area contributed by atoms with Crippen molar-refractivity contribution < 1.29 is 14.4 Å².